The third-order valence-corrected chi connectivity index (χ3v) is 5.51. The fourth-order valence-corrected chi connectivity index (χ4v) is 3.60. The lowest BCUT2D eigenvalue weighted by atomic mass is 10.1. The predicted octanol–water partition coefficient (Wildman–Crippen LogP) is 3.16. The van der Waals surface area contributed by atoms with Gasteiger partial charge in [-0.3, -0.25) is 14.6 Å². The molecular formula is C23H31N3O3. The maximum atomic E-state index is 12.6. The highest BCUT2D eigenvalue weighted by Crippen LogP contribution is 2.28. The molecule has 1 heterocycles. The van der Waals surface area contributed by atoms with Gasteiger partial charge in [-0.05, 0) is 43.7 Å². The van der Waals surface area contributed by atoms with Gasteiger partial charge >= 0.3 is 0 Å². The summed E-state index contributed by atoms with van der Waals surface area (Å²) in [5.74, 6) is 1.54. The molecule has 1 aliphatic heterocycles. The Morgan fingerprint density at radius 2 is 1.66 bits per heavy atom. The lowest BCUT2D eigenvalue weighted by Gasteiger charge is -2.37. The summed E-state index contributed by atoms with van der Waals surface area (Å²) in [7, 11) is 3.30. The number of nitrogens with zero attached hydrogens (tertiary/aromatic N) is 2. The molecule has 6 nitrogen and oxygen atoms in total. The Kier molecular flexibility index (Phi) is 7.12. The topological polar surface area (TPSA) is 54.0 Å². The normalized spacial score (nSPS) is 16.3. The van der Waals surface area contributed by atoms with Crippen LogP contribution in [-0.4, -0.2) is 62.1 Å². The van der Waals surface area contributed by atoms with E-state index in [1.54, 1.807) is 14.2 Å². The smallest absolute Gasteiger partial charge is 0.241 e. The largest absolute Gasteiger partial charge is 0.493 e. The second-order valence-corrected chi connectivity index (χ2v) is 7.53. The summed E-state index contributed by atoms with van der Waals surface area (Å²) in [5.41, 5.74) is 3.22. The lowest BCUT2D eigenvalue weighted by molar-refractivity contribution is -0.121. The van der Waals surface area contributed by atoms with Crippen LogP contribution < -0.4 is 14.8 Å². The molecule has 1 amide bonds. The number of piperazine rings is 1. The van der Waals surface area contributed by atoms with Crippen LogP contribution in [0.5, 0.6) is 11.5 Å². The van der Waals surface area contributed by atoms with Crippen molar-refractivity contribution in [2.75, 3.05) is 45.7 Å². The Hall–Kier alpha value is -2.57. The van der Waals surface area contributed by atoms with E-state index in [1.807, 2.05) is 50.2 Å². The van der Waals surface area contributed by atoms with Gasteiger partial charge in [0.05, 0.1) is 20.3 Å². The Bertz CT molecular complexity index is 815. The van der Waals surface area contributed by atoms with Crippen molar-refractivity contribution in [3.63, 3.8) is 0 Å². The SMILES string of the molecule is COc1ccc(CN2CCN([C@@H](C)C(=O)Nc3ccc(C)cc3)CC2)cc1OC. The Morgan fingerprint density at radius 3 is 2.28 bits per heavy atom. The van der Waals surface area contributed by atoms with Crippen LogP contribution in [0.4, 0.5) is 5.69 Å². The number of amides is 1. The number of rotatable bonds is 7. The second kappa shape index (κ2) is 9.76. The van der Waals surface area contributed by atoms with E-state index < -0.39 is 0 Å². The molecule has 1 atom stereocenters. The van der Waals surface area contributed by atoms with Gasteiger partial charge in [-0.2, -0.15) is 0 Å². The number of aryl methyl sites for hydroxylation is 1. The summed E-state index contributed by atoms with van der Waals surface area (Å²) in [4.78, 5) is 17.3. The van der Waals surface area contributed by atoms with Crippen LogP contribution >= 0.6 is 0 Å². The van der Waals surface area contributed by atoms with Crippen molar-refractivity contribution in [1.82, 2.24) is 9.80 Å². The molecule has 0 aromatic heterocycles. The van der Waals surface area contributed by atoms with Crippen LogP contribution in [-0.2, 0) is 11.3 Å². The van der Waals surface area contributed by atoms with Crippen molar-refractivity contribution in [3.8, 4) is 11.5 Å². The van der Waals surface area contributed by atoms with Gasteiger partial charge in [-0.15, -0.1) is 0 Å². The van der Waals surface area contributed by atoms with Gasteiger partial charge in [0, 0.05) is 38.4 Å². The minimum absolute atomic E-state index is 0.0437. The molecule has 0 spiro atoms. The number of nitrogens with one attached hydrogen (secondary N) is 1. The summed E-state index contributed by atoms with van der Waals surface area (Å²) < 4.78 is 10.7. The van der Waals surface area contributed by atoms with Crippen molar-refractivity contribution in [2.45, 2.75) is 26.4 Å². The maximum Gasteiger partial charge on any atom is 0.241 e. The first-order valence-electron chi connectivity index (χ1n) is 10.0. The quantitative estimate of drug-likeness (QED) is 0.778. The summed E-state index contributed by atoms with van der Waals surface area (Å²) >= 11 is 0. The first kappa shape index (κ1) is 21.1. The van der Waals surface area contributed by atoms with E-state index in [0.717, 1.165) is 49.9 Å². The number of hydrogen-bond acceptors (Lipinski definition) is 5. The Balaban J connectivity index is 1.50. The number of benzene rings is 2. The number of carbonyl (C=O) groups is 1. The molecule has 0 bridgehead atoms. The first-order chi connectivity index (χ1) is 14.0. The second-order valence-electron chi connectivity index (χ2n) is 7.53. The summed E-state index contributed by atoms with van der Waals surface area (Å²) in [6.07, 6.45) is 0. The van der Waals surface area contributed by atoms with Crippen molar-refractivity contribution < 1.29 is 14.3 Å². The van der Waals surface area contributed by atoms with E-state index >= 15 is 0 Å². The van der Waals surface area contributed by atoms with Gasteiger partial charge in [0.1, 0.15) is 0 Å². The van der Waals surface area contributed by atoms with E-state index in [9.17, 15) is 4.79 Å². The van der Waals surface area contributed by atoms with E-state index in [0.29, 0.717) is 0 Å². The van der Waals surface area contributed by atoms with Crippen LogP contribution in [0.2, 0.25) is 0 Å². The fourth-order valence-electron chi connectivity index (χ4n) is 3.60. The molecule has 2 aromatic carbocycles. The highest BCUT2D eigenvalue weighted by atomic mass is 16.5. The van der Waals surface area contributed by atoms with Crippen molar-refractivity contribution in [3.05, 3.63) is 53.6 Å². The van der Waals surface area contributed by atoms with Gasteiger partial charge in [-0.25, -0.2) is 0 Å². The van der Waals surface area contributed by atoms with Gasteiger partial charge in [0.2, 0.25) is 5.91 Å². The predicted molar refractivity (Wildman–Crippen MR) is 116 cm³/mol. The van der Waals surface area contributed by atoms with E-state index in [1.165, 1.54) is 11.1 Å². The molecule has 0 aliphatic carbocycles. The molecule has 1 saturated heterocycles. The van der Waals surface area contributed by atoms with Crippen LogP contribution in [0.3, 0.4) is 0 Å². The average Bonchev–Trinajstić information content (AvgIpc) is 2.75. The number of hydrogen-bond donors (Lipinski definition) is 1. The zero-order valence-electron chi connectivity index (χ0n) is 17.8. The van der Waals surface area contributed by atoms with Crippen LogP contribution in [0.25, 0.3) is 0 Å². The molecule has 0 saturated carbocycles. The molecule has 2 aromatic rings. The average molecular weight is 398 g/mol. The van der Waals surface area contributed by atoms with Gasteiger partial charge < -0.3 is 14.8 Å². The molecule has 6 heteroatoms. The molecule has 29 heavy (non-hydrogen) atoms. The maximum absolute atomic E-state index is 12.6. The highest BCUT2D eigenvalue weighted by Gasteiger charge is 2.25. The third kappa shape index (κ3) is 5.49. The molecule has 156 valence electrons. The van der Waals surface area contributed by atoms with Gasteiger partial charge in [0.15, 0.2) is 11.5 Å². The van der Waals surface area contributed by atoms with Crippen molar-refractivity contribution in [2.24, 2.45) is 0 Å². The Labute approximate surface area is 173 Å². The van der Waals surface area contributed by atoms with Crippen LogP contribution in [0.15, 0.2) is 42.5 Å². The number of carbonyl (C=O) groups excluding carboxylic acids is 1. The molecule has 0 unspecified atom stereocenters. The van der Waals surface area contributed by atoms with Crippen LogP contribution in [0, 0.1) is 6.92 Å². The lowest BCUT2D eigenvalue weighted by Crippen LogP contribution is -2.52. The van der Waals surface area contributed by atoms with Crippen LogP contribution in [0.1, 0.15) is 18.1 Å². The molecular weight excluding hydrogens is 366 g/mol. The molecule has 1 fully saturated rings. The zero-order chi connectivity index (χ0) is 20.8. The molecule has 1 aliphatic rings. The summed E-state index contributed by atoms with van der Waals surface area (Å²) in [6, 6.07) is 13.8. The highest BCUT2D eigenvalue weighted by molar-refractivity contribution is 5.94. The molecule has 1 N–H and O–H groups in total. The van der Waals surface area contributed by atoms with Gasteiger partial charge in [-0.1, -0.05) is 23.8 Å². The van der Waals surface area contributed by atoms with Crippen molar-refractivity contribution in [1.29, 1.82) is 0 Å². The fraction of sp³-hybridized carbons (Fsp3) is 0.435. The summed E-state index contributed by atoms with van der Waals surface area (Å²) in [6.45, 7) is 8.47. The number of ether oxygens (including phenoxy) is 2. The monoisotopic (exact) mass is 397 g/mol. The van der Waals surface area contributed by atoms with E-state index in [2.05, 4.69) is 21.2 Å². The minimum atomic E-state index is -0.153. The van der Waals surface area contributed by atoms with Gasteiger partial charge in [0.25, 0.3) is 0 Å². The Morgan fingerprint density at radius 1 is 1.00 bits per heavy atom. The standard InChI is InChI=1S/C23H31N3O3/c1-17-5-8-20(9-6-17)24-23(27)18(2)26-13-11-25(12-14-26)16-19-7-10-21(28-3)22(15-19)29-4/h5-10,15,18H,11-14,16H2,1-4H3,(H,24,27)/t18-/m0/s1. The molecule has 0 radical (unpaired) electrons. The van der Waals surface area contributed by atoms with Crippen molar-refractivity contribution >= 4 is 11.6 Å². The third-order valence-electron chi connectivity index (χ3n) is 5.51. The number of methoxy groups -OCH3 is 2. The summed E-state index contributed by atoms with van der Waals surface area (Å²) in [5, 5.41) is 3.02. The minimum Gasteiger partial charge on any atom is -0.493 e. The zero-order valence-corrected chi connectivity index (χ0v) is 17.8. The van der Waals surface area contributed by atoms with E-state index in [-0.39, 0.29) is 11.9 Å². The van der Waals surface area contributed by atoms with E-state index in [4.69, 9.17) is 9.47 Å². The number of anilines is 1. The molecule has 3 rings (SSSR count). The first-order valence-corrected chi connectivity index (χ1v) is 10.0.